The van der Waals surface area contributed by atoms with E-state index in [2.05, 4.69) is 0 Å². The van der Waals surface area contributed by atoms with E-state index in [4.69, 9.17) is 4.42 Å². The maximum Gasteiger partial charge on any atom is 0.290 e. The van der Waals surface area contributed by atoms with Crippen molar-refractivity contribution in [2.24, 2.45) is 0 Å². The van der Waals surface area contributed by atoms with Crippen LogP contribution in [0.5, 0.6) is 0 Å². The Hall–Kier alpha value is -2.93. The first-order valence-corrected chi connectivity index (χ1v) is 11.7. The van der Waals surface area contributed by atoms with Crippen molar-refractivity contribution < 1.29 is 17.6 Å². The minimum absolute atomic E-state index is 0.0518. The van der Waals surface area contributed by atoms with Gasteiger partial charge >= 0.3 is 0 Å². The summed E-state index contributed by atoms with van der Waals surface area (Å²) in [5.74, 6) is -0.570. The van der Waals surface area contributed by atoms with Crippen molar-refractivity contribution in [3.8, 4) is 0 Å². The van der Waals surface area contributed by atoms with Gasteiger partial charge in [0.15, 0.2) is 21.0 Å². The lowest BCUT2D eigenvalue weighted by Gasteiger charge is -2.28. The highest BCUT2D eigenvalue weighted by Crippen LogP contribution is 2.25. The molecule has 1 atom stereocenters. The summed E-state index contributed by atoms with van der Waals surface area (Å²) in [4.78, 5) is 27.6. The summed E-state index contributed by atoms with van der Waals surface area (Å²) in [6, 6.07) is 13.7. The van der Waals surface area contributed by atoms with Crippen LogP contribution < -0.4 is 5.43 Å². The molecule has 1 aliphatic rings. The third-order valence-electron chi connectivity index (χ3n) is 5.73. The van der Waals surface area contributed by atoms with E-state index in [0.717, 1.165) is 16.7 Å². The molecule has 1 amide bonds. The van der Waals surface area contributed by atoms with E-state index >= 15 is 0 Å². The van der Waals surface area contributed by atoms with E-state index in [9.17, 15) is 18.0 Å². The molecule has 0 spiro atoms. The minimum Gasteiger partial charge on any atom is -0.450 e. The molecule has 2 heterocycles. The number of rotatable bonds is 4. The summed E-state index contributed by atoms with van der Waals surface area (Å²) < 4.78 is 30.0. The number of fused-ring (bicyclic) bond motifs is 1. The minimum atomic E-state index is -3.19. The predicted octanol–water partition coefficient (Wildman–Crippen LogP) is 3.24. The maximum atomic E-state index is 13.4. The van der Waals surface area contributed by atoms with Gasteiger partial charge in [-0.2, -0.15) is 0 Å². The summed E-state index contributed by atoms with van der Waals surface area (Å²) in [5.41, 5.74) is 2.74. The van der Waals surface area contributed by atoms with Gasteiger partial charge in [0.25, 0.3) is 5.91 Å². The Bertz CT molecular complexity index is 1280. The number of amides is 1. The molecule has 4 rings (SSSR count). The van der Waals surface area contributed by atoms with Crippen LogP contribution in [-0.4, -0.2) is 36.8 Å². The van der Waals surface area contributed by atoms with Gasteiger partial charge in [-0.1, -0.05) is 36.4 Å². The van der Waals surface area contributed by atoms with Crippen molar-refractivity contribution in [2.45, 2.75) is 32.9 Å². The molecule has 1 aliphatic heterocycles. The fraction of sp³-hybridized carbons (Fsp3) is 0.304. The van der Waals surface area contributed by atoms with E-state index in [-0.39, 0.29) is 29.2 Å². The Morgan fingerprint density at radius 2 is 1.87 bits per heavy atom. The smallest absolute Gasteiger partial charge is 0.290 e. The fourth-order valence-electron chi connectivity index (χ4n) is 3.87. The molecule has 1 saturated heterocycles. The van der Waals surface area contributed by atoms with Crippen molar-refractivity contribution in [3.05, 3.63) is 81.2 Å². The van der Waals surface area contributed by atoms with Crippen LogP contribution in [0.25, 0.3) is 11.0 Å². The molecular weight excluding hydrogens is 402 g/mol. The highest BCUT2D eigenvalue weighted by molar-refractivity contribution is 7.91. The van der Waals surface area contributed by atoms with Crippen LogP contribution in [0.2, 0.25) is 0 Å². The van der Waals surface area contributed by atoms with Gasteiger partial charge in [-0.25, -0.2) is 8.42 Å². The van der Waals surface area contributed by atoms with E-state index in [0.29, 0.717) is 17.4 Å². The molecule has 30 heavy (non-hydrogen) atoms. The number of aryl methyl sites for hydroxylation is 2. The monoisotopic (exact) mass is 425 g/mol. The number of hydrogen-bond acceptors (Lipinski definition) is 5. The summed E-state index contributed by atoms with van der Waals surface area (Å²) in [7, 11) is -3.19. The number of hydrogen-bond donors (Lipinski definition) is 0. The molecule has 0 unspecified atom stereocenters. The first-order valence-electron chi connectivity index (χ1n) is 9.84. The second kappa shape index (κ2) is 7.72. The molecule has 0 radical (unpaired) electrons. The van der Waals surface area contributed by atoms with E-state index in [1.54, 1.807) is 6.07 Å². The number of sulfone groups is 1. The van der Waals surface area contributed by atoms with Gasteiger partial charge in [-0.05, 0) is 43.0 Å². The molecule has 0 N–H and O–H groups in total. The Balaban J connectivity index is 1.78. The van der Waals surface area contributed by atoms with E-state index < -0.39 is 21.8 Å². The molecule has 0 bridgehead atoms. The lowest BCUT2D eigenvalue weighted by Crippen LogP contribution is -2.40. The van der Waals surface area contributed by atoms with Crippen molar-refractivity contribution >= 4 is 26.7 Å². The van der Waals surface area contributed by atoms with Crippen LogP contribution in [0.1, 0.15) is 33.7 Å². The predicted molar refractivity (Wildman–Crippen MR) is 115 cm³/mol. The molecule has 2 aromatic carbocycles. The zero-order valence-electron chi connectivity index (χ0n) is 16.9. The Kier molecular flexibility index (Phi) is 5.24. The van der Waals surface area contributed by atoms with Crippen molar-refractivity contribution in [3.63, 3.8) is 0 Å². The first kappa shape index (κ1) is 20.3. The van der Waals surface area contributed by atoms with Crippen LogP contribution in [0.15, 0.2) is 57.7 Å². The molecule has 0 aliphatic carbocycles. The largest absolute Gasteiger partial charge is 0.450 e. The van der Waals surface area contributed by atoms with E-state index in [1.807, 2.05) is 50.2 Å². The standard InChI is InChI=1S/C23H23NO5S/c1-15-8-9-19-20(25)12-21(29-22(19)16(15)2)23(26)24(13-17-6-4-3-5-7-17)18-10-11-30(27,28)14-18/h3-9,12,18H,10-11,13-14H2,1-2H3/t18-/m1/s1. The van der Waals surface area contributed by atoms with E-state index in [1.165, 1.54) is 11.0 Å². The first-order chi connectivity index (χ1) is 14.2. The summed E-state index contributed by atoms with van der Waals surface area (Å²) in [6.45, 7) is 4.00. The SMILES string of the molecule is Cc1ccc2c(=O)cc(C(=O)N(Cc3ccccc3)[C@@H]3CCS(=O)(=O)C3)oc2c1C. The van der Waals surface area contributed by atoms with Gasteiger partial charge in [0, 0.05) is 18.7 Å². The van der Waals surface area contributed by atoms with Crippen LogP contribution in [-0.2, 0) is 16.4 Å². The summed E-state index contributed by atoms with van der Waals surface area (Å²) in [5, 5.41) is 0.424. The Labute approximate surface area is 175 Å². The molecule has 1 aromatic heterocycles. The highest BCUT2D eigenvalue weighted by atomic mass is 32.2. The average molecular weight is 426 g/mol. The normalized spacial score (nSPS) is 17.9. The van der Waals surface area contributed by atoms with Crippen LogP contribution in [0.4, 0.5) is 0 Å². The quantitative estimate of drug-likeness (QED) is 0.641. The van der Waals surface area contributed by atoms with Crippen LogP contribution in [0.3, 0.4) is 0 Å². The average Bonchev–Trinajstić information content (AvgIpc) is 3.08. The summed E-state index contributed by atoms with van der Waals surface area (Å²) in [6.07, 6.45) is 0.372. The third kappa shape index (κ3) is 3.89. The van der Waals surface area contributed by atoms with Gasteiger partial charge in [-0.3, -0.25) is 9.59 Å². The number of benzene rings is 2. The lowest BCUT2D eigenvalue weighted by molar-refractivity contribution is 0.0648. The second-order valence-electron chi connectivity index (χ2n) is 7.83. The molecule has 6 nitrogen and oxygen atoms in total. The highest BCUT2D eigenvalue weighted by Gasteiger charge is 2.36. The van der Waals surface area contributed by atoms with Gasteiger partial charge in [0.1, 0.15) is 5.58 Å². The zero-order valence-corrected chi connectivity index (χ0v) is 17.7. The topological polar surface area (TPSA) is 84.7 Å². The van der Waals surface area contributed by atoms with Gasteiger partial charge < -0.3 is 9.32 Å². The van der Waals surface area contributed by atoms with Crippen LogP contribution in [0, 0.1) is 13.8 Å². The van der Waals surface area contributed by atoms with Gasteiger partial charge in [-0.15, -0.1) is 0 Å². The van der Waals surface area contributed by atoms with Crippen molar-refractivity contribution in [2.75, 3.05) is 11.5 Å². The molecule has 0 saturated carbocycles. The lowest BCUT2D eigenvalue weighted by atomic mass is 10.1. The third-order valence-corrected chi connectivity index (χ3v) is 7.48. The molecule has 156 valence electrons. The molecule has 3 aromatic rings. The van der Waals surface area contributed by atoms with Crippen molar-refractivity contribution in [1.82, 2.24) is 4.90 Å². The Morgan fingerprint density at radius 1 is 1.13 bits per heavy atom. The van der Waals surface area contributed by atoms with Crippen LogP contribution >= 0.6 is 0 Å². The van der Waals surface area contributed by atoms with Gasteiger partial charge in [0.05, 0.1) is 16.9 Å². The number of nitrogens with zero attached hydrogens (tertiary/aromatic N) is 1. The fourth-order valence-corrected chi connectivity index (χ4v) is 5.60. The second-order valence-corrected chi connectivity index (χ2v) is 10.1. The maximum absolute atomic E-state index is 13.4. The zero-order chi connectivity index (χ0) is 21.5. The molecular formula is C23H23NO5S. The Morgan fingerprint density at radius 3 is 2.53 bits per heavy atom. The van der Waals surface area contributed by atoms with Gasteiger partial charge in [0.2, 0.25) is 0 Å². The van der Waals surface area contributed by atoms with Crippen molar-refractivity contribution in [1.29, 1.82) is 0 Å². The molecule has 7 heteroatoms. The molecule has 1 fully saturated rings. The number of carbonyl (C=O) groups excluding carboxylic acids is 1. The number of carbonyl (C=O) groups is 1. The summed E-state index contributed by atoms with van der Waals surface area (Å²) >= 11 is 0.